The van der Waals surface area contributed by atoms with Crippen molar-refractivity contribution < 1.29 is 13.2 Å². The van der Waals surface area contributed by atoms with Crippen molar-refractivity contribution >= 4 is 44.6 Å². The van der Waals surface area contributed by atoms with Gasteiger partial charge in [-0.25, -0.2) is 13.1 Å². The van der Waals surface area contributed by atoms with Gasteiger partial charge in [-0.15, -0.1) is 11.3 Å². The molecule has 8 heteroatoms. The van der Waals surface area contributed by atoms with Crippen molar-refractivity contribution in [2.45, 2.75) is 30.9 Å². The van der Waals surface area contributed by atoms with Gasteiger partial charge in [0.25, 0.3) is 10.0 Å². The molecule has 0 aliphatic carbocycles. The molecule has 0 radical (unpaired) electrons. The number of benzene rings is 1. The Balaban J connectivity index is 2.07. The number of sulfonamides is 1. The summed E-state index contributed by atoms with van der Waals surface area (Å²) in [5, 5.41) is 2.80. The fourth-order valence-electron chi connectivity index (χ4n) is 2.20. The number of carbonyl (C=O) groups excluding carboxylic acids is 1. The van der Waals surface area contributed by atoms with Gasteiger partial charge >= 0.3 is 0 Å². The summed E-state index contributed by atoms with van der Waals surface area (Å²) in [5.41, 5.74) is 2.68. The quantitative estimate of drug-likeness (QED) is 0.793. The molecular weight excluding hydrogens is 368 g/mol. The van der Waals surface area contributed by atoms with E-state index in [4.69, 9.17) is 11.6 Å². The zero-order chi connectivity index (χ0) is 17.9. The Morgan fingerprint density at radius 3 is 2.54 bits per heavy atom. The van der Waals surface area contributed by atoms with E-state index in [0.717, 1.165) is 28.2 Å². The van der Waals surface area contributed by atoms with E-state index >= 15 is 0 Å². The summed E-state index contributed by atoms with van der Waals surface area (Å²) >= 11 is 6.69. The molecule has 0 aliphatic heterocycles. The lowest BCUT2D eigenvalue weighted by Gasteiger charge is -2.16. The molecular formula is C16H19ClN2O3S2. The van der Waals surface area contributed by atoms with Crippen LogP contribution in [0.2, 0.25) is 4.34 Å². The van der Waals surface area contributed by atoms with E-state index in [0.29, 0.717) is 4.34 Å². The molecule has 0 saturated heterocycles. The van der Waals surface area contributed by atoms with E-state index in [1.165, 1.54) is 12.1 Å². The van der Waals surface area contributed by atoms with Crippen LogP contribution in [-0.4, -0.2) is 20.9 Å². The van der Waals surface area contributed by atoms with Crippen molar-refractivity contribution in [3.8, 4) is 0 Å². The Morgan fingerprint density at radius 1 is 1.25 bits per heavy atom. The molecule has 0 atom stereocenters. The largest absolute Gasteiger partial charge is 0.324 e. The van der Waals surface area contributed by atoms with E-state index < -0.39 is 15.9 Å². The highest BCUT2D eigenvalue weighted by molar-refractivity contribution is 7.91. The van der Waals surface area contributed by atoms with Crippen LogP contribution in [0.5, 0.6) is 0 Å². The van der Waals surface area contributed by atoms with Crippen LogP contribution in [-0.2, 0) is 14.8 Å². The Hall–Kier alpha value is -1.41. The van der Waals surface area contributed by atoms with Crippen LogP contribution in [0.4, 0.5) is 5.69 Å². The molecule has 2 aromatic rings. The number of thiophene rings is 1. The highest BCUT2D eigenvalue weighted by Gasteiger charge is 2.18. The van der Waals surface area contributed by atoms with Crippen molar-refractivity contribution in [2.24, 2.45) is 0 Å². The number of halogens is 1. The van der Waals surface area contributed by atoms with Gasteiger partial charge in [0.2, 0.25) is 5.91 Å². The summed E-state index contributed by atoms with van der Waals surface area (Å²) in [7, 11) is -3.74. The van der Waals surface area contributed by atoms with Crippen molar-refractivity contribution in [1.82, 2.24) is 4.72 Å². The zero-order valence-corrected chi connectivity index (χ0v) is 16.0. The number of para-hydroxylation sites is 1. The average molecular weight is 387 g/mol. The zero-order valence-electron chi connectivity index (χ0n) is 13.6. The van der Waals surface area contributed by atoms with Gasteiger partial charge in [-0.2, -0.15) is 0 Å². The first kappa shape index (κ1) is 18.9. The molecule has 2 rings (SSSR count). The minimum absolute atomic E-state index is 0.0825. The molecule has 1 amide bonds. The second-order valence-electron chi connectivity index (χ2n) is 5.63. The number of amides is 1. The third-order valence-corrected chi connectivity index (χ3v) is 6.55. The Bertz CT molecular complexity index is 845. The Morgan fingerprint density at radius 2 is 1.96 bits per heavy atom. The fraction of sp³-hybridized carbons (Fsp3) is 0.312. The minimum Gasteiger partial charge on any atom is -0.324 e. The second-order valence-corrected chi connectivity index (χ2v) is 9.33. The molecule has 0 saturated carbocycles. The summed E-state index contributed by atoms with van der Waals surface area (Å²) in [6, 6.07) is 8.70. The second kappa shape index (κ2) is 7.65. The number of carbonyl (C=O) groups is 1. The average Bonchev–Trinajstić information content (AvgIpc) is 2.94. The standard InChI is InChI=1S/C16H19ClN2O3S2/c1-10(2)12-6-4-5-11(3)16(12)19-14(20)9-18-24(21,22)15-8-7-13(17)23-15/h4-8,10,18H,9H2,1-3H3,(H,19,20). The van der Waals surface area contributed by atoms with Crippen molar-refractivity contribution in [3.05, 3.63) is 45.8 Å². The number of rotatable bonds is 6. The maximum Gasteiger partial charge on any atom is 0.250 e. The fourth-order valence-corrected chi connectivity index (χ4v) is 4.71. The molecule has 5 nitrogen and oxygen atoms in total. The monoisotopic (exact) mass is 386 g/mol. The number of hydrogen-bond acceptors (Lipinski definition) is 4. The third-order valence-electron chi connectivity index (χ3n) is 3.43. The highest BCUT2D eigenvalue weighted by Crippen LogP contribution is 2.27. The lowest BCUT2D eigenvalue weighted by Crippen LogP contribution is -2.33. The topological polar surface area (TPSA) is 75.3 Å². The summed E-state index contributed by atoms with van der Waals surface area (Å²) < 4.78 is 27.0. The maximum absolute atomic E-state index is 12.2. The molecule has 1 aromatic carbocycles. The van der Waals surface area contributed by atoms with Crippen LogP contribution in [0.15, 0.2) is 34.5 Å². The molecule has 0 unspecified atom stereocenters. The van der Waals surface area contributed by atoms with Crippen LogP contribution in [0.25, 0.3) is 0 Å². The van der Waals surface area contributed by atoms with Gasteiger partial charge in [0, 0.05) is 5.69 Å². The lowest BCUT2D eigenvalue weighted by atomic mass is 9.98. The molecule has 1 heterocycles. The van der Waals surface area contributed by atoms with Crippen molar-refractivity contribution in [1.29, 1.82) is 0 Å². The molecule has 0 spiro atoms. The molecule has 0 aliphatic rings. The van der Waals surface area contributed by atoms with E-state index in [1.807, 2.05) is 39.0 Å². The molecule has 24 heavy (non-hydrogen) atoms. The van der Waals surface area contributed by atoms with Crippen LogP contribution in [0.1, 0.15) is 30.9 Å². The van der Waals surface area contributed by atoms with Gasteiger partial charge in [-0.1, -0.05) is 43.6 Å². The number of hydrogen-bond donors (Lipinski definition) is 2. The summed E-state index contributed by atoms with van der Waals surface area (Å²) in [6.45, 7) is 5.63. The number of anilines is 1. The van der Waals surface area contributed by atoms with Gasteiger partial charge in [-0.05, 0) is 36.1 Å². The normalized spacial score (nSPS) is 11.7. The van der Waals surface area contributed by atoms with Crippen molar-refractivity contribution in [2.75, 3.05) is 11.9 Å². The first-order valence-corrected chi connectivity index (χ1v) is 10.0. The van der Waals surface area contributed by atoms with Crippen LogP contribution in [0.3, 0.4) is 0 Å². The summed E-state index contributed by atoms with van der Waals surface area (Å²) in [4.78, 5) is 12.2. The summed E-state index contributed by atoms with van der Waals surface area (Å²) in [5.74, 6) is -0.178. The van der Waals surface area contributed by atoms with E-state index in [9.17, 15) is 13.2 Å². The lowest BCUT2D eigenvalue weighted by molar-refractivity contribution is -0.115. The molecule has 130 valence electrons. The first-order chi connectivity index (χ1) is 11.2. The van der Waals surface area contributed by atoms with Gasteiger partial charge < -0.3 is 5.32 Å². The molecule has 0 fully saturated rings. The van der Waals surface area contributed by atoms with E-state index in [1.54, 1.807) is 0 Å². The third kappa shape index (κ3) is 4.57. The highest BCUT2D eigenvalue weighted by atomic mass is 35.5. The van der Waals surface area contributed by atoms with E-state index in [2.05, 4.69) is 10.0 Å². The summed E-state index contributed by atoms with van der Waals surface area (Å²) in [6.07, 6.45) is 0. The maximum atomic E-state index is 12.2. The Kier molecular flexibility index (Phi) is 6.03. The number of nitrogens with one attached hydrogen (secondary N) is 2. The van der Waals surface area contributed by atoms with Crippen molar-refractivity contribution in [3.63, 3.8) is 0 Å². The van der Waals surface area contributed by atoms with E-state index in [-0.39, 0.29) is 16.7 Å². The number of aryl methyl sites for hydroxylation is 1. The smallest absolute Gasteiger partial charge is 0.250 e. The van der Waals surface area contributed by atoms with Crippen LogP contribution in [0, 0.1) is 6.92 Å². The molecule has 1 aromatic heterocycles. The van der Waals surface area contributed by atoms with Gasteiger partial charge in [0.05, 0.1) is 10.9 Å². The molecule has 0 bridgehead atoms. The predicted molar refractivity (Wildman–Crippen MR) is 98.4 cm³/mol. The molecule has 2 N–H and O–H groups in total. The Labute approximate surface area is 151 Å². The van der Waals surface area contributed by atoms with Gasteiger partial charge in [0.15, 0.2) is 0 Å². The predicted octanol–water partition coefficient (Wildman–Crippen LogP) is 3.75. The van der Waals surface area contributed by atoms with Crippen LogP contribution < -0.4 is 10.0 Å². The van der Waals surface area contributed by atoms with Gasteiger partial charge in [0.1, 0.15) is 4.21 Å². The first-order valence-electron chi connectivity index (χ1n) is 7.35. The minimum atomic E-state index is -3.74. The van der Waals surface area contributed by atoms with Gasteiger partial charge in [-0.3, -0.25) is 4.79 Å². The van der Waals surface area contributed by atoms with Crippen LogP contribution >= 0.6 is 22.9 Å². The SMILES string of the molecule is Cc1cccc(C(C)C)c1NC(=O)CNS(=O)(=O)c1ccc(Cl)s1.